The van der Waals surface area contributed by atoms with E-state index in [9.17, 15) is 9.59 Å². The third kappa shape index (κ3) is 2.77. The van der Waals surface area contributed by atoms with E-state index in [4.69, 9.17) is 11.5 Å². The van der Waals surface area contributed by atoms with Crippen LogP contribution < -0.4 is 11.5 Å². The average Bonchev–Trinajstić information content (AvgIpc) is 3.23. The van der Waals surface area contributed by atoms with Gasteiger partial charge in [-0.05, 0) is 47.7 Å². The van der Waals surface area contributed by atoms with Crippen LogP contribution >= 0.6 is 0 Å². The maximum Gasteiger partial charge on any atom is 0.256 e. The predicted molar refractivity (Wildman–Crippen MR) is 116 cm³/mol. The highest BCUT2D eigenvalue weighted by Gasteiger charge is 2.32. The lowest BCUT2D eigenvalue weighted by molar-refractivity contribution is -0.114. The van der Waals surface area contributed by atoms with Crippen LogP contribution in [0.5, 0.6) is 0 Å². The Morgan fingerprint density at radius 1 is 1.27 bits per heavy atom. The number of carbonyl (C=O) groups is 2. The first-order valence-electron chi connectivity index (χ1n) is 10.1. The first kappa shape index (κ1) is 18.4. The molecule has 2 aliphatic rings. The van der Waals surface area contributed by atoms with Crippen molar-refractivity contribution in [1.82, 2.24) is 15.1 Å². The molecule has 7 heteroatoms. The second-order valence-electron chi connectivity index (χ2n) is 8.18. The third-order valence-corrected chi connectivity index (χ3v) is 6.32. The Balaban J connectivity index is 1.57. The van der Waals surface area contributed by atoms with E-state index in [1.807, 2.05) is 18.2 Å². The van der Waals surface area contributed by atoms with Crippen LogP contribution in [0.25, 0.3) is 22.0 Å². The topological polar surface area (TPSA) is 118 Å². The lowest BCUT2D eigenvalue weighted by atomic mass is 9.81. The minimum absolute atomic E-state index is 0.0916. The zero-order valence-electron chi connectivity index (χ0n) is 16.6. The summed E-state index contributed by atoms with van der Waals surface area (Å²) in [5, 5.41) is 8.82. The number of nitrogens with two attached hydrogens (primary N) is 2. The lowest BCUT2D eigenvalue weighted by Crippen LogP contribution is -2.30. The highest BCUT2D eigenvalue weighted by atomic mass is 16.2. The number of H-pyrrole nitrogens is 1. The Hall–Kier alpha value is -3.61. The van der Waals surface area contributed by atoms with Gasteiger partial charge in [0.2, 0.25) is 5.91 Å². The van der Waals surface area contributed by atoms with Crippen molar-refractivity contribution in [2.24, 2.45) is 5.73 Å². The van der Waals surface area contributed by atoms with Gasteiger partial charge in [0.15, 0.2) is 0 Å². The molecule has 0 spiro atoms. The number of fused-ring (bicyclic) bond motifs is 2. The van der Waals surface area contributed by atoms with Crippen molar-refractivity contribution in [3.8, 4) is 11.1 Å². The highest BCUT2D eigenvalue weighted by molar-refractivity contribution is 6.06. The summed E-state index contributed by atoms with van der Waals surface area (Å²) in [6, 6.07) is 9.94. The van der Waals surface area contributed by atoms with E-state index < -0.39 is 5.91 Å². The van der Waals surface area contributed by atoms with Crippen molar-refractivity contribution in [2.45, 2.75) is 31.7 Å². The summed E-state index contributed by atoms with van der Waals surface area (Å²) >= 11 is 0. The van der Waals surface area contributed by atoms with Crippen molar-refractivity contribution in [3.63, 3.8) is 0 Å². The molecule has 0 saturated heterocycles. The summed E-state index contributed by atoms with van der Waals surface area (Å²) in [6.07, 6.45) is 3.60. The molecule has 0 atom stereocenters. The minimum Gasteiger partial charge on any atom is -0.398 e. The molecule has 2 amide bonds. The number of rotatable bonds is 5. The smallest absolute Gasteiger partial charge is 0.256 e. The zero-order chi connectivity index (χ0) is 21.0. The average molecular weight is 401 g/mol. The van der Waals surface area contributed by atoms with Crippen LogP contribution in [-0.4, -0.2) is 33.5 Å². The quantitative estimate of drug-likeness (QED) is 0.450. The van der Waals surface area contributed by atoms with Crippen molar-refractivity contribution in [2.75, 3.05) is 12.3 Å². The molecule has 3 aromatic rings. The van der Waals surface area contributed by atoms with Gasteiger partial charge in [0.05, 0.1) is 23.3 Å². The molecule has 1 aliphatic carbocycles. The normalized spacial score (nSPS) is 16.0. The number of hydrogen-bond acceptors (Lipinski definition) is 4. The maximum atomic E-state index is 13.0. The molecule has 2 aromatic carbocycles. The molecule has 30 heavy (non-hydrogen) atoms. The molecule has 5 N–H and O–H groups in total. The third-order valence-electron chi connectivity index (χ3n) is 6.32. The van der Waals surface area contributed by atoms with Crippen molar-refractivity contribution >= 4 is 28.4 Å². The minimum atomic E-state index is -0.610. The molecular formula is C23H23N5O2. The molecule has 0 bridgehead atoms. The van der Waals surface area contributed by atoms with Gasteiger partial charge in [0.1, 0.15) is 0 Å². The Morgan fingerprint density at radius 2 is 2.07 bits per heavy atom. The first-order chi connectivity index (χ1) is 14.4. The molecule has 1 saturated carbocycles. The number of aromatic nitrogens is 2. The summed E-state index contributed by atoms with van der Waals surface area (Å²) in [5.41, 5.74) is 17.6. The van der Waals surface area contributed by atoms with Crippen molar-refractivity contribution in [1.29, 1.82) is 0 Å². The van der Waals surface area contributed by atoms with Gasteiger partial charge in [-0.25, -0.2) is 0 Å². The highest BCUT2D eigenvalue weighted by Crippen LogP contribution is 2.41. The molecule has 152 valence electrons. The predicted octanol–water partition coefficient (Wildman–Crippen LogP) is 3.08. The fraction of sp³-hybridized carbons (Fsp3) is 0.261. The van der Waals surface area contributed by atoms with Gasteiger partial charge in [0, 0.05) is 29.1 Å². The van der Waals surface area contributed by atoms with Gasteiger partial charge >= 0.3 is 0 Å². The summed E-state index contributed by atoms with van der Waals surface area (Å²) in [6.45, 7) is 4.13. The van der Waals surface area contributed by atoms with Crippen molar-refractivity contribution in [3.05, 3.63) is 59.3 Å². The summed E-state index contributed by atoms with van der Waals surface area (Å²) in [5.74, 6) is -0.296. The van der Waals surface area contributed by atoms with Crippen LogP contribution in [0.3, 0.4) is 0 Å². The van der Waals surface area contributed by atoms with E-state index in [2.05, 4.69) is 22.8 Å². The van der Waals surface area contributed by atoms with Gasteiger partial charge in [-0.15, -0.1) is 0 Å². The fourth-order valence-corrected chi connectivity index (χ4v) is 4.40. The van der Waals surface area contributed by atoms with Crippen LogP contribution in [0.1, 0.15) is 46.8 Å². The maximum absolute atomic E-state index is 13.0. The van der Waals surface area contributed by atoms with E-state index >= 15 is 0 Å². The zero-order valence-corrected chi connectivity index (χ0v) is 16.6. The standard InChI is InChI=1S/C23H23N5O2/c1-12(22(25)29)10-28-11-17-15(6-7-18(24)20(17)23(28)30)14-5-8-19-16(9-14)21(27-26-19)13-3-2-4-13/h5-9,13H,1-4,10-11,24H2,(H2,25,29)(H,26,27). The van der Waals surface area contributed by atoms with Gasteiger partial charge < -0.3 is 16.4 Å². The monoisotopic (exact) mass is 401 g/mol. The van der Waals surface area contributed by atoms with Gasteiger partial charge in [-0.2, -0.15) is 5.10 Å². The molecule has 5 rings (SSSR count). The number of nitrogens with one attached hydrogen (secondary N) is 1. The van der Waals surface area contributed by atoms with Crippen LogP contribution in [-0.2, 0) is 11.3 Å². The summed E-state index contributed by atoms with van der Waals surface area (Å²) in [7, 11) is 0. The molecular weight excluding hydrogens is 378 g/mol. The molecule has 7 nitrogen and oxygen atoms in total. The molecule has 1 aromatic heterocycles. The molecule has 1 fully saturated rings. The SMILES string of the molecule is C=C(CN1Cc2c(-c3ccc4[nH]nc(C5CCC5)c4c3)ccc(N)c2C1=O)C(N)=O. The number of nitrogens with zero attached hydrogens (tertiary/aromatic N) is 2. The van der Waals surface area contributed by atoms with Crippen LogP contribution in [0.2, 0.25) is 0 Å². The van der Waals surface area contributed by atoms with Crippen LogP contribution in [0.15, 0.2) is 42.5 Å². The molecule has 0 radical (unpaired) electrons. The number of hydrogen-bond donors (Lipinski definition) is 3. The Morgan fingerprint density at radius 3 is 2.77 bits per heavy atom. The number of aromatic amines is 1. The van der Waals surface area contributed by atoms with Gasteiger partial charge in [-0.1, -0.05) is 25.1 Å². The van der Waals surface area contributed by atoms with E-state index in [0.717, 1.165) is 33.3 Å². The number of primary amides is 1. The van der Waals surface area contributed by atoms with E-state index in [0.29, 0.717) is 23.7 Å². The second kappa shape index (κ2) is 6.73. The van der Waals surface area contributed by atoms with E-state index in [1.165, 1.54) is 19.3 Å². The lowest BCUT2D eigenvalue weighted by Gasteiger charge is -2.23. The number of nitrogen functional groups attached to an aromatic ring is 1. The number of carbonyl (C=O) groups excluding carboxylic acids is 2. The molecule has 2 heterocycles. The van der Waals surface area contributed by atoms with E-state index in [1.54, 1.807) is 11.0 Å². The Bertz CT molecular complexity index is 1220. The van der Waals surface area contributed by atoms with Crippen molar-refractivity contribution < 1.29 is 9.59 Å². The summed E-state index contributed by atoms with van der Waals surface area (Å²) in [4.78, 5) is 25.9. The Labute approximate surface area is 173 Å². The molecule has 1 aliphatic heterocycles. The molecule has 0 unspecified atom stereocenters. The van der Waals surface area contributed by atoms with Gasteiger partial charge in [-0.3, -0.25) is 14.7 Å². The fourth-order valence-electron chi connectivity index (χ4n) is 4.40. The number of anilines is 1. The van der Waals surface area contributed by atoms with Crippen LogP contribution in [0.4, 0.5) is 5.69 Å². The second-order valence-corrected chi connectivity index (χ2v) is 8.18. The number of amides is 2. The van der Waals surface area contributed by atoms with Gasteiger partial charge in [0.25, 0.3) is 5.91 Å². The Kier molecular flexibility index (Phi) is 4.13. The largest absolute Gasteiger partial charge is 0.398 e. The van der Waals surface area contributed by atoms with Crippen LogP contribution in [0, 0.1) is 0 Å². The number of benzene rings is 2. The summed E-state index contributed by atoms with van der Waals surface area (Å²) < 4.78 is 0. The first-order valence-corrected chi connectivity index (χ1v) is 10.1. The van der Waals surface area contributed by atoms with E-state index in [-0.39, 0.29) is 18.0 Å².